The molecule has 5 nitrogen and oxygen atoms in total. The molecule has 1 aromatic carbocycles. The van der Waals surface area contributed by atoms with Gasteiger partial charge in [-0.2, -0.15) is 4.98 Å². The monoisotopic (exact) mass is 317 g/mol. The van der Waals surface area contributed by atoms with Gasteiger partial charge >= 0.3 is 0 Å². The maximum absolute atomic E-state index is 5.92. The van der Waals surface area contributed by atoms with Crippen LogP contribution in [0.3, 0.4) is 0 Å². The molecule has 0 radical (unpaired) electrons. The largest absolute Gasteiger partial charge is 0.368 e. The number of halogens is 1. The third kappa shape index (κ3) is 3.48. The summed E-state index contributed by atoms with van der Waals surface area (Å²) in [6.45, 7) is 1.94. The second-order valence-corrected chi connectivity index (χ2v) is 6.04. The van der Waals surface area contributed by atoms with E-state index in [9.17, 15) is 0 Å². The highest BCUT2D eigenvalue weighted by molar-refractivity contribution is 6.30. The molecule has 2 aromatic rings. The lowest BCUT2D eigenvalue weighted by Gasteiger charge is -2.18. The van der Waals surface area contributed by atoms with Crippen LogP contribution in [0.25, 0.3) is 0 Å². The van der Waals surface area contributed by atoms with Gasteiger partial charge in [-0.15, -0.1) is 0 Å². The molecule has 3 rings (SSSR count). The van der Waals surface area contributed by atoms with Crippen LogP contribution >= 0.6 is 11.6 Å². The van der Waals surface area contributed by atoms with Crippen LogP contribution in [0.4, 0.5) is 11.8 Å². The average molecular weight is 318 g/mol. The Labute approximate surface area is 135 Å². The number of hydrogen-bond acceptors (Lipinski definition) is 5. The molecular weight excluding hydrogens is 298 g/mol. The van der Waals surface area contributed by atoms with Crippen LogP contribution in [0.2, 0.25) is 5.02 Å². The maximum Gasteiger partial charge on any atom is 0.222 e. The summed E-state index contributed by atoms with van der Waals surface area (Å²) in [5.74, 6) is 1.24. The number of nitrogen functional groups attached to an aromatic ring is 1. The SMILES string of the molecule is CNC1CCN(c2cc(Cc3ccc(Cl)cc3)nc(N)n2)C1. The van der Waals surface area contributed by atoms with E-state index in [0.717, 1.165) is 48.0 Å². The van der Waals surface area contributed by atoms with Crippen LogP contribution in [-0.4, -0.2) is 36.1 Å². The Morgan fingerprint density at radius 3 is 2.77 bits per heavy atom. The number of benzene rings is 1. The summed E-state index contributed by atoms with van der Waals surface area (Å²) in [6, 6.07) is 10.3. The first kappa shape index (κ1) is 15.1. The molecule has 0 bridgehead atoms. The lowest BCUT2D eigenvalue weighted by Crippen LogP contribution is -2.30. The van der Waals surface area contributed by atoms with Gasteiger partial charge in [0, 0.05) is 36.6 Å². The van der Waals surface area contributed by atoms with Gasteiger partial charge in [0.2, 0.25) is 5.95 Å². The van der Waals surface area contributed by atoms with Gasteiger partial charge in [0.1, 0.15) is 5.82 Å². The number of nitrogens with one attached hydrogen (secondary N) is 1. The highest BCUT2D eigenvalue weighted by Crippen LogP contribution is 2.21. The number of nitrogens with two attached hydrogens (primary N) is 1. The Kier molecular flexibility index (Phi) is 4.45. The summed E-state index contributed by atoms with van der Waals surface area (Å²) < 4.78 is 0. The molecule has 3 N–H and O–H groups in total. The van der Waals surface area contributed by atoms with Crippen molar-refractivity contribution in [1.82, 2.24) is 15.3 Å². The van der Waals surface area contributed by atoms with Gasteiger partial charge in [-0.3, -0.25) is 0 Å². The number of likely N-dealkylation sites (N-methyl/N-ethyl adjacent to an activating group) is 1. The Hall–Kier alpha value is -1.85. The van der Waals surface area contributed by atoms with Gasteiger partial charge in [0.25, 0.3) is 0 Å². The number of hydrogen-bond donors (Lipinski definition) is 2. The fourth-order valence-electron chi connectivity index (χ4n) is 2.77. The number of aromatic nitrogens is 2. The Morgan fingerprint density at radius 1 is 1.32 bits per heavy atom. The first-order valence-corrected chi connectivity index (χ1v) is 7.82. The fourth-order valence-corrected chi connectivity index (χ4v) is 2.90. The number of anilines is 2. The van der Waals surface area contributed by atoms with Crippen LogP contribution < -0.4 is 16.0 Å². The van der Waals surface area contributed by atoms with Gasteiger partial charge in [0.05, 0.1) is 5.69 Å². The normalized spacial score (nSPS) is 17.9. The lowest BCUT2D eigenvalue weighted by molar-refractivity contribution is 0.616. The van der Waals surface area contributed by atoms with Crippen LogP contribution in [0.1, 0.15) is 17.7 Å². The van der Waals surface area contributed by atoms with E-state index in [2.05, 4.69) is 20.2 Å². The molecular formula is C16H20ClN5. The summed E-state index contributed by atoms with van der Waals surface area (Å²) >= 11 is 5.92. The lowest BCUT2D eigenvalue weighted by atomic mass is 10.1. The third-order valence-electron chi connectivity index (χ3n) is 4.00. The van der Waals surface area contributed by atoms with Crippen molar-refractivity contribution in [3.8, 4) is 0 Å². The molecule has 1 fully saturated rings. The van der Waals surface area contributed by atoms with Crippen molar-refractivity contribution in [3.05, 3.63) is 46.6 Å². The van der Waals surface area contributed by atoms with Crippen molar-refractivity contribution in [2.24, 2.45) is 0 Å². The van der Waals surface area contributed by atoms with Crippen molar-refractivity contribution in [2.45, 2.75) is 18.9 Å². The molecule has 1 aromatic heterocycles. The average Bonchev–Trinajstić information content (AvgIpc) is 2.98. The predicted molar refractivity (Wildman–Crippen MR) is 90.4 cm³/mol. The molecule has 2 heterocycles. The second kappa shape index (κ2) is 6.50. The van der Waals surface area contributed by atoms with Crippen molar-refractivity contribution in [3.63, 3.8) is 0 Å². The predicted octanol–water partition coefficient (Wildman–Crippen LogP) is 2.10. The third-order valence-corrected chi connectivity index (χ3v) is 4.25. The number of nitrogens with zero attached hydrogens (tertiary/aromatic N) is 3. The highest BCUT2D eigenvalue weighted by Gasteiger charge is 2.22. The van der Waals surface area contributed by atoms with E-state index in [1.54, 1.807) is 0 Å². The molecule has 0 saturated carbocycles. The maximum atomic E-state index is 5.92. The van der Waals surface area contributed by atoms with Gasteiger partial charge in [-0.25, -0.2) is 4.98 Å². The Bertz CT molecular complexity index is 643. The summed E-state index contributed by atoms with van der Waals surface area (Å²) in [6.07, 6.45) is 1.84. The molecule has 1 saturated heterocycles. The van der Waals surface area contributed by atoms with Crippen LogP contribution in [-0.2, 0) is 6.42 Å². The van der Waals surface area contributed by atoms with E-state index < -0.39 is 0 Å². The standard InChI is InChI=1S/C16H20ClN5/c1-19-13-6-7-22(10-13)15-9-14(20-16(18)21-15)8-11-2-4-12(17)5-3-11/h2-5,9,13,19H,6-8,10H2,1H3,(H2,18,20,21). The van der Waals surface area contributed by atoms with E-state index in [0.29, 0.717) is 12.0 Å². The second-order valence-electron chi connectivity index (χ2n) is 5.60. The summed E-state index contributed by atoms with van der Waals surface area (Å²) in [7, 11) is 1.99. The van der Waals surface area contributed by atoms with E-state index in [4.69, 9.17) is 17.3 Å². The topological polar surface area (TPSA) is 67.1 Å². The smallest absolute Gasteiger partial charge is 0.222 e. The molecule has 0 spiro atoms. The molecule has 0 aliphatic carbocycles. The summed E-state index contributed by atoms with van der Waals surface area (Å²) in [5, 5.41) is 4.05. The van der Waals surface area contributed by atoms with Gasteiger partial charge in [0.15, 0.2) is 0 Å². The van der Waals surface area contributed by atoms with Gasteiger partial charge < -0.3 is 16.0 Å². The Balaban J connectivity index is 1.79. The minimum atomic E-state index is 0.328. The molecule has 116 valence electrons. The number of rotatable bonds is 4. The van der Waals surface area contributed by atoms with Crippen LogP contribution in [0.5, 0.6) is 0 Å². The molecule has 0 amide bonds. The van der Waals surface area contributed by atoms with Gasteiger partial charge in [-0.1, -0.05) is 23.7 Å². The fraction of sp³-hybridized carbons (Fsp3) is 0.375. The van der Waals surface area contributed by atoms with Crippen molar-refractivity contribution in [1.29, 1.82) is 0 Å². The zero-order valence-corrected chi connectivity index (χ0v) is 13.3. The van der Waals surface area contributed by atoms with Crippen LogP contribution in [0.15, 0.2) is 30.3 Å². The van der Waals surface area contributed by atoms with E-state index in [-0.39, 0.29) is 0 Å². The summed E-state index contributed by atoms with van der Waals surface area (Å²) in [5.41, 5.74) is 7.97. The van der Waals surface area contributed by atoms with Crippen LogP contribution in [0, 0.1) is 0 Å². The minimum Gasteiger partial charge on any atom is -0.368 e. The molecule has 1 atom stereocenters. The van der Waals surface area contributed by atoms with E-state index in [1.807, 2.05) is 37.4 Å². The molecule has 22 heavy (non-hydrogen) atoms. The summed E-state index contributed by atoms with van der Waals surface area (Å²) in [4.78, 5) is 11.0. The van der Waals surface area contributed by atoms with E-state index in [1.165, 1.54) is 0 Å². The van der Waals surface area contributed by atoms with Crippen molar-refractivity contribution >= 4 is 23.4 Å². The molecule has 1 aliphatic heterocycles. The quantitative estimate of drug-likeness (QED) is 0.904. The first-order valence-electron chi connectivity index (χ1n) is 7.44. The zero-order valence-electron chi connectivity index (χ0n) is 12.6. The minimum absolute atomic E-state index is 0.328. The van der Waals surface area contributed by atoms with Crippen molar-refractivity contribution in [2.75, 3.05) is 30.8 Å². The Morgan fingerprint density at radius 2 is 2.09 bits per heavy atom. The molecule has 1 aliphatic rings. The molecule has 6 heteroatoms. The zero-order chi connectivity index (χ0) is 15.5. The molecule has 1 unspecified atom stereocenters. The van der Waals surface area contributed by atoms with Crippen molar-refractivity contribution < 1.29 is 0 Å². The first-order chi connectivity index (χ1) is 10.6. The van der Waals surface area contributed by atoms with Gasteiger partial charge in [-0.05, 0) is 31.2 Å². The van der Waals surface area contributed by atoms with E-state index >= 15 is 0 Å². The highest BCUT2D eigenvalue weighted by atomic mass is 35.5.